The van der Waals surface area contributed by atoms with Gasteiger partial charge in [-0.1, -0.05) is 18.2 Å². The zero-order valence-corrected chi connectivity index (χ0v) is 19.1. The van der Waals surface area contributed by atoms with Crippen LogP contribution in [0.3, 0.4) is 0 Å². The van der Waals surface area contributed by atoms with Crippen molar-refractivity contribution in [2.45, 2.75) is 19.9 Å². The summed E-state index contributed by atoms with van der Waals surface area (Å²) in [5.41, 5.74) is 4.99. The summed E-state index contributed by atoms with van der Waals surface area (Å²) < 4.78 is 19.4. The molecular weight excluding hydrogens is 453 g/mol. The predicted octanol–water partition coefficient (Wildman–Crippen LogP) is 4.39. The van der Waals surface area contributed by atoms with E-state index in [4.69, 9.17) is 14.9 Å². The van der Waals surface area contributed by atoms with Crippen LogP contribution >= 0.6 is 0 Å². The molecule has 0 spiro atoms. The number of carbonyl (C=O) groups is 2. The van der Waals surface area contributed by atoms with E-state index >= 15 is 0 Å². The second kappa shape index (κ2) is 12.3. The molecule has 8 nitrogen and oxygen atoms in total. The number of hydrogen-bond donors (Lipinski definition) is 4. The molecule has 0 aliphatic heterocycles. The Morgan fingerprint density at radius 3 is 2.51 bits per heavy atom. The van der Waals surface area contributed by atoms with Gasteiger partial charge in [0.1, 0.15) is 24.6 Å². The van der Waals surface area contributed by atoms with E-state index in [1.165, 1.54) is 12.1 Å². The lowest BCUT2D eigenvalue weighted by Gasteiger charge is -2.09. The Labute approximate surface area is 201 Å². The van der Waals surface area contributed by atoms with Gasteiger partial charge in [-0.15, -0.1) is 0 Å². The second-order valence-electron chi connectivity index (χ2n) is 7.75. The number of aliphatic carboxylic acids is 2. The third kappa shape index (κ3) is 7.94. The van der Waals surface area contributed by atoms with Crippen molar-refractivity contribution in [3.05, 3.63) is 84.1 Å². The molecule has 0 atom stereocenters. The molecule has 2 aromatic heterocycles. The highest BCUT2D eigenvalue weighted by atomic mass is 19.1. The van der Waals surface area contributed by atoms with E-state index in [0.717, 1.165) is 39.0 Å². The van der Waals surface area contributed by atoms with Crippen molar-refractivity contribution in [3.8, 4) is 16.9 Å². The molecule has 182 valence electrons. The Morgan fingerprint density at radius 1 is 1.03 bits per heavy atom. The van der Waals surface area contributed by atoms with Gasteiger partial charge in [-0.3, -0.25) is 14.6 Å². The summed E-state index contributed by atoms with van der Waals surface area (Å²) in [6.45, 7) is 3.99. The maximum absolute atomic E-state index is 13.4. The highest BCUT2D eigenvalue weighted by Gasteiger charge is 2.05. The number of benzene rings is 2. The standard InChI is InChI=1S/C23H22FN3O.C3H4O4/c1-16-10-21-22(27-16)6-3-7-23(21)28-9-8-25-13-17-11-19(15-26-14-17)18-4-2-5-20(24)12-18;4-2(5)1-3(6)7/h2-7,10-12,14-15,25,27H,8-9,13H2,1H3;1H2,(H,4,5)(H,6,7). The van der Waals surface area contributed by atoms with E-state index in [1.54, 1.807) is 12.3 Å². The number of hydrogen-bond acceptors (Lipinski definition) is 5. The maximum atomic E-state index is 13.4. The van der Waals surface area contributed by atoms with Gasteiger partial charge in [0, 0.05) is 47.6 Å². The van der Waals surface area contributed by atoms with Crippen molar-refractivity contribution in [1.82, 2.24) is 15.3 Å². The molecule has 0 amide bonds. The van der Waals surface area contributed by atoms with Gasteiger partial charge < -0.3 is 25.3 Å². The number of carboxylic acid groups (broad SMARTS) is 2. The first-order valence-corrected chi connectivity index (χ1v) is 10.9. The van der Waals surface area contributed by atoms with Crippen LogP contribution in [0.1, 0.15) is 17.7 Å². The predicted molar refractivity (Wildman–Crippen MR) is 130 cm³/mol. The van der Waals surface area contributed by atoms with Crippen LogP contribution in [0.5, 0.6) is 5.75 Å². The Kier molecular flexibility index (Phi) is 8.91. The average Bonchev–Trinajstić information content (AvgIpc) is 3.19. The molecule has 0 unspecified atom stereocenters. The lowest BCUT2D eigenvalue weighted by atomic mass is 10.1. The summed E-state index contributed by atoms with van der Waals surface area (Å²) in [6, 6.07) is 16.7. The zero-order valence-electron chi connectivity index (χ0n) is 19.1. The molecule has 0 aliphatic rings. The minimum absolute atomic E-state index is 0.245. The number of nitrogens with one attached hydrogen (secondary N) is 2. The SMILES string of the molecule is Cc1cc2c(OCCNCc3cncc(-c4cccc(F)c4)c3)cccc2[nH]1.O=C(O)CC(=O)O. The maximum Gasteiger partial charge on any atom is 0.314 e. The molecule has 4 N–H and O–H groups in total. The van der Waals surface area contributed by atoms with Gasteiger partial charge >= 0.3 is 11.9 Å². The molecule has 0 fully saturated rings. The number of rotatable bonds is 9. The van der Waals surface area contributed by atoms with Crippen molar-refractivity contribution in [3.63, 3.8) is 0 Å². The Hall–Kier alpha value is -4.24. The van der Waals surface area contributed by atoms with Crippen molar-refractivity contribution < 1.29 is 28.9 Å². The molecule has 0 aliphatic carbocycles. The number of nitrogens with zero attached hydrogens (tertiary/aromatic N) is 1. The summed E-state index contributed by atoms with van der Waals surface area (Å²) in [4.78, 5) is 26.5. The second-order valence-corrected chi connectivity index (χ2v) is 7.75. The topological polar surface area (TPSA) is 125 Å². The van der Waals surface area contributed by atoms with Crippen LogP contribution in [0.25, 0.3) is 22.0 Å². The number of H-pyrrole nitrogens is 1. The lowest BCUT2D eigenvalue weighted by molar-refractivity contribution is -0.147. The van der Waals surface area contributed by atoms with E-state index in [1.807, 2.05) is 43.5 Å². The van der Waals surface area contributed by atoms with Crippen molar-refractivity contribution >= 4 is 22.8 Å². The van der Waals surface area contributed by atoms with Crippen LogP contribution in [-0.4, -0.2) is 45.3 Å². The van der Waals surface area contributed by atoms with Gasteiger partial charge in [0.05, 0.1) is 0 Å². The molecule has 2 aromatic carbocycles. The summed E-state index contributed by atoms with van der Waals surface area (Å²) >= 11 is 0. The van der Waals surface area contributed by atoms with E-state index in [0.29, 0.717) is 19.7 Å². The minimum atomic E-state index is -1.31. The van der Waals surface area contributed by atoms with Crippen LogP contribution in [0.4, 0.5) is 4.39 Å². The summed E-state index contributed by atoms with van der Waals surface area (Å²) in [6.07, 6.45) is 2.76. The van der Waals surface area contributed by atoms with Crippen LogP contribution < -0.4 is 10.1 Å². The zero-order chi connectivity index (χ0) is 25.2. The number of halogens is 1. The highest BCUT2D eigenvalue weighted by molar-refractivity contribution is 5.89. The van der Waals surface area contributed by atoms with Gasteiger partial charge in [-0.05, 0) is 54.4 Å². The van der Waals surface area contributed by atoms with Gasteiger partial charge in [-0.25, -0.2) is 4.39 Å². The highest BCUT2D eigenvalue weighted by Crippen LogP contribution is 2.26. The molecule has 0 radical (unpaired) electrons. The number of aromatic amines is 1. The fourth-order valence-electron chi connectivity index (χ4n) is 3.40. The average molecular weight is 480 g/mol. The molecular formula is C26H26FN3O5. The van der Waals surface area contributed by atoms with Crippen LogP contribution in [0.15, 0.2) is 67.0 Å². The number of aryl methyl sites for hydroxylation is 1. The third-order valence-electron chi connectivity index (χ3n) is 4.88. The van der Waals surface area contributed by atoms with Crippen LogP contribution in [-0.2, 0) is 16.1 Å². The summed E-state index contributed by atoms with van der Waals surface area (Å²) in [5, 5.41) is 19.9. The first-order chi connectivity index (χ1) is 16.8. The van der Waals surface area contributed by atoms with Crippen molar-refractivity contribution in [2.75, 3.05) is 13.2 Å². The number of aromatic nitrogens is 2. The third-order valence-corrected chi connectivity index (χ3v) is 4.88. The van der Waals surface area contributed by atoms with Crippen molar-refractivity contribution in [1.29, 1.82) is 0 Å². The lowest BCUT2D eigenvalue weighted by Crippen LogP contribution is -2.20. The van der Waals surface area contributed by atoms with E-state index in [-0.39, 0.29) is 5.82 Å². The Morgan fingerprint density at radius 2 is 1.80 bits per heavy atom. The fraction of sp³-hybridized carbons (Fsp3) is 0.192. The number of ether oxygens (including phenoxy) is 1. The molecule has 4 aromatic rings. The van der Waals surface area contributed by atoms with Crippen LogP contribution in [0, 0.1) is 12.7 Å². The van der Waals surface area contributed by atoms with Crippen molar-refractivity contribution in [2.24, 2.45) is 0 Å². The fourth-order valence-corrected chi connectivity index (χ4v) is 3.40. The van der Waals surface area contributed by atoms with E-state index in [9.17, 15) is 14.0 Å². The molecule has 4 rings (SSSR count). The van der Waals surface area contributed by atoms with Gasteiger partial charge in [0.25, 0.3) is 0 Å². The first-order valence-electron chi connectivity index (χ1n) is 10.9. The molecule has 0 bridgehead atoms. The smallest absolute Gasteiger partial charge is 0.314 e. The van der Waals surface area contributed by atoms with E-state index < -0.39 is 18.4 Å². The van der Waals surface area contributed by atoms with Gasteiger partial charge in [-0.2, -0.15) is 0 Å². The molecule has 2 heterocycles. The summed E-state index contributed by atoms with van der Waals surface area (Å²) in [5.74, 6) is -1.98. The normalized spacial score (nSPS) is 10.5. The number of fused-ring (bicyclic) bond motifs is 1. The molecule has 0 saturated carbocycles. The Balaban J connectivity index is 0.000000429. The number of carboxylic acids is 2. The van der Waals surface area contributed by atoms with E-state index in [2.05, 4.69) is 21.4 Å². The molecule has 35 heavy (non-hydrogen) atoms. The summed E-state index contributed by atoms with van der Waals surface area (Å²) in [7, 11) is 0. The largest absolute Gasteiger partial charge is 0.492 e. The first kappa shape index (κ1) is 25.4. The quantitative estimate of drug-likeness (QED) is 0.207. The molecule has 9 heteroatoms. The number of pyridine rings is 1. The monoisotopic (exact) mass is 479 g/mol. The van der Waals surface area contributed by atoms with Gasteiger partial charge in [0.2, 0.25) is 0 Å². The Bertz CT molecular complexity index is 1290. The van der Waals surface area contributed by atoms with Crippen LogP contribution in [0.2, 0.25) is 0 Å². The van der Waals surface area contributed by atoms with Gasteiger partial charge in [0.15, 0.2) is 0 Å². The minimum Gasteiger partial charge on any atom is -0.492 e. The molecule has 0 saturated heterocycles.